The predicted molar refractivity (Wildman–Crippen MR) is 69.2 cm³/mol. The van der Waals surface area contributed by atoms with Crippen molar-refractivity contribution in [1.82, 2.24) is 5.32 Å². The molecule has 0 bridgehead atoms. The molecule has 0 radical (unpaired) electrons. The number of aliphatic hydroxyl groups is 1. The van der Waals surface area contributed by atoms with Crippen LogP contribution in [0.25, 0.3) is 0 Å². The third-order valence-electron chi connectivity index (χ3n) is 4.01. The maximum absolute atomic E-state index is 11.7. The lowest BCUT2D eigenvalue weighted by Crippen LogP contribution is -2.42. The molecule has 0 heterocycles. The topological polar surface area (TPSA) is 58.6 Å². The molecule has 1 amide bonds. The maximum Gasteiger partial charge on any atom is 0.407 e. The highest BCUT2D eigenvalue weighted by atomic mass is 16.6. The van der Waals surface area contributed by atoms with Gasteiger partial charge in [0.1, 0.15) is 5.60 Å². The quantitative estimate of drug-likeness (QED) is 0.756. The Bertz CT molecular complexity index is 311. The first-order valence-electron chi connectivity index (χ1n) is 7.01. The van der Waals surface area contributed by atoms with E-state index in [0.29, 0.717) is 11.8 Å². The molecule has 0 aliphatic heterocycles. The average Bonchev–Trinajstić information content (AvgIpc) is 2.53. The molecule has 4 heteroatoms. The van der Waals surface area contributed by atoms with Gasteiger partial charge in [-0.2, -0.15) is 0 Å². The molecule has 0 spiro atoms. The molecule has 4 atom stereocenters. The SMILES string of the molecule is CC(C)(C)OC(=O)NC1CCC2C[C@H](O)CC2C1. The second kappa shape index (κ2) is 5.08. The Morgan fingerprint density at radius 2 is 1.83 bits per heavy atom. The summed E-state index contributed by atoms with van der Waals surface area (Å²) in [6.45, 7) is 5.62. The number of carbonyl (C=O) groups excluding carboxylic acids is 1. The van der Waals surface area contributed by atoms with Gasteiger partial charge in [-0.3, -0.25) is 0 Å². The van der Waals surface area contributed by atoms with Crippen LogP contribution in [0.15, 0.2) is 0 Å². The van der Waals surface area contributed by atoms with Crippen LogP contribution in [-0.4, -0.2) is 28.9 Å². The van der Waals surface area contributed by atoms with Crippen LogP contribution in [0.3, 0.4) is 0 Å². The summed E-state index contributed by atoms with van der Waals surface area (Å²) >= 11 is 0. The van der Waals surface area contributed by atoms with E-state index < -0.39 is 5.60 Å². The Morgan fingerprint density at radius 1 is 1.17 bits per heavy atom. The zero-order chi connectivity index (χ0) is 13.3. The number of aliphatic hydroxyl groups excluding tert-OH is 1. The number of amides is 1. The number of fused-ring (bicyclic) bond motifs is 1. The van der Waals surface area contributed by atoms with Gasteiger partial charge >= 0.3 is 6.09 Å². The van der Waals surface area contributed by atoms with E-state index in [-0.39, 0.29) is 18.2 Å². The highest BCUT2D eigenvalue weighted by Crippen LogP contribution is 2.42. The van der Waals surface area contributed by atoms with Crippen molar-refractivity contribution in [1.29, 1.82) is 0 Å². The van der Waals surface area contributed by atoms with Crippen molar-refractivity contribution in [3.8, 4) is 0 Å². The van der Waals surface area contributed by atoms with Crippen molar-refractivity contribution >= 4 is 6.09 Å². The number of hydrogen-bond acceptors (Lipinski definition) is 3. The second-order valence-electron chi connectivity index (χ2n) is 6.80. The van der Waals surface area contributed by atoms with Gasteiger partial charge in [-0.15, -0.1) is 0 Å². The molecule has 4 nitrogen and oxygen atoms in total. The van der Waals surface area contributed by atoms with Crippen LogP contribution in [0.2, 0.25) is 0 Å². The number of hydrogen-bond donors (Lipinski definition) is 2. The molecule has 2 aliphatic carbocycles. The molecule has 2 saturated carbocycles. The second-order valence-corrected chi connectivity index (χ2v) is 6.80. The fraction of sp³-hybridized carbons (Fsp3) is 0.929. The number of rotatable bonds is 1. The van der Waals surface area contributed by atoms with E-state index in [9.17, 15) is 9.90 Å². The smallest absolute Gasteiger partial charge is 0.407 e. The summed E-state index contributed by atoms with van der Waals surface area (Å²) in [5.41, 5.74) is -0.440. The minimum atomic E-state index is -0.440. The monoisotopic (exact) mass is 255 g/mol. The summed E-state index contributed by atoms with van der Waals surface area (Å²) in [6, 6.07) is 0.214. The summed E-state index contributed by atoms with van der Waals surface area (Å²) in [4.78, 5) is 11.7. The lowest BCUT2D eigenvalue weighted by Gasteiger charge is -2.32. The summed E-state index contributed by atoms with van der Waals surface area (Å²) in [5.74, 6) is 1.24. The minimum absolute atomic E-state index is 0.125. The highest BCUT2D eigenvalue weighted by molar-refractivity contribution is 5.68. The first-order valence-corrected chi connectivity index (χ1v) is 7.01. The molecule has 2 aliphatic rings. The molecule has 104 valence electrons. The van der Waals surface area contributed by atoms with Crippen LogP contribution in [0.4, 0.5) is 4.79 Å². The Labute approximate surface area is 109 Å². The Kier molecular flexibility index (Phi) is 3.85. The molecule has 3 unspecified atom stereocenters. The van der Waals surface area contributed by atoms with Crippen molar-refractivity contribution in [2.24, 2.45) is 11.8 Å². The van der Waals surface area contributed by atoms with Crippen LogP contribution in [-0.2, 0) is 4.74 Å². The van der Waals surface area contributed by atoms with E-state index >= 15 is 0 Å². The molecule has 2 rings (SSSR count). The third kappa shape index (κ3) is 3.61. The average molecular weight is 255 g/mol. The van der Waals surface area contributed by atoms with E-state index in [4.69, 9.17) is 4.74 Å². The molecule has 0 aromatic carbocycles. The number of alkyl carbamates (subject to hydrolysis) is 1. The van der Waals surface area contributed by atoms with Gasteiger partial charge < -0.3 is 15.2 Å². The van der Waals surface area contributed by atoms with Crippen molar-refractivity contribution in [2.45, 2.75) is 70.6 Å². The van der Waals surface area contributed by atoms with Gasteiger partial charge in [0.25, 0.3) is 0 Å². The van der Waals surface area contributed by atoms with Gasteiger partial charge in [0.05, 0.1) is 6.10 Å². The largest absolute Gasteiger partial charge is 0.444 e. The fourth-order valence-corrected chi connectivity index (χ4v) is 3.33. The van der Waals surface area contributed by atoms with Crippen molar-refractivity contribution < 1.29 is 14.6 Å². The normalized spacial score (nSPS) is 36.0. The summed E-state index contributed by atoms with van der Waals surface area (Å²) in [7, 11) is 0. The van der Waals surface area contributed by atoms with Gasteiger partial charge in [0, 0.05) is 6.04 Å². The Morgan fingerprint density at radius 3 is 2.50 bits per heavy atom. The van der Waals surface area contributed by atoms with Gasteiger partial charge in [0.15, 0.2) is 0 Å². The zero-order valence-corrected chi connectivity index (χ0v) is 11.6. The first kappa shape index (κ1) is 13.7. The summed E-state index contributed by atoms with van der Waals surface area (Å²) in [5, 5.41) is 12.6. The standard InChI is InChI=1S/C14H25NO3/c1-14(2,3)18-13(17)15-11-5-4-9-7-12(16)8-10(9)6-11/h9-12,16H,4-8H2,1-3H3,(H,15,17)/t9?,10?,11?,12-/m0/s1. The van der Waals surface area contributed by atoms with Gasteiger partial charge in [-0.25, -0.2) is 4.79 Å². The molecule has 0 aromatic heterocycles. The first-order chi connectivity index (χ1) is 8.33. The van der Waals surface area contributed by atoms with E-state index in [1.807, 2.05) is 20.8 Å². The molecule has 2 N–H and O–H groups in total. The maximum atomic E-state index is 11.7. The molecule has 0 saturated heterocycles. The van der Waals surface area contributed by atoms with E-state index in [2.05, 4.69) is 5.32 Å². The fourth-order valence-electron chi connectivity index (χ4n) is 3.33. The van der Waals surface area contributed by atoms with Crippen molar-refractivity contribution in [3.63, 3.8) is 0 Å². The summed E-state index contributed by atoms with van der Waals surface area (Å²) in [6.07, 6.45) is 4.52. The molecule has 18 heavy (non-hydrogen) atoms. The van der Waals surface area contributed by atoms with Crippen LogP contribution in [0, 0.1) is 11.8 Å². The molecule has 0 aromatic rings. The lowest BCUT2D eigenvalue weighted by atomic mass is 9.79. The Balaban J connectivity index is 1.80. The molecular formula is C14H25NO3. The van der Waals surface area contributed by atoms with Crippen LogP contribution >= 0.6 is 0 Å². The van der Waals surface area contributed by atoms with E-state index in [1.165, 1.54) is 0 Å². The number of ether oxygens (including phenoxy) is 1. The lowest BCUT2D eigenvalue weighted by molar-refractivity contribution is 0.0476. The van der Waals surface area contributed by atoms with Crippen LogP contribution in [0.5, 0.6) is 0 Å². The predicted octanol–water partition coefficient (Wildman–Crippen LogP) is 2.45. The van der Waals surface area contributed by atoms with Gasteiger partial charge in [0.2, 0.25) is 0 Å². The number of nitrogens with one attached hydrogen (secondary N) is 1. The third-order valence-corrected chi connectivity index (χ3v) is 4.01. The number of carbonyl (C=O) groups is 1. The van der Waals surface area contributed by atoms with Crippen LogP contribution in [0.1, 0.15) is 52.9 Å². The van der Waals surface area contributed by atoms with Crippen molar-refractivity contribution in [2.75, 3.05) is 0 Å². The van der Waals surface area contributed by atoms with Gasteiger partial charge in [-0.1, -0.05) is 0 Å². The minimum Gasteiger partial charge on any atom is -0.444 e. The van der Waals surface area contributed by atoms with Gasteiger partial charge in [-0.05, 0) is 64.7 Å². The highest BCUT2D eigenvalue weighted by Gasteiger charge is 2.38. The summed E-state index contributed by atoms with van der Waals surface area (Å²) < 4.78 is 5.27. The van der Waals surface area contributed by atoms with E-state index in [1.54, 1.807) is 0 Å². The van der Waals surface area contributed by atoms with E-state index in [0.717, 1.165) is 32.1 Å². The Hall–Kier alpha value is -0.770. The zero-order valence-electron chi connectivity index (χ0n) is 11.6. The molecular weight excluding hydrogens is 230 g/mol. The van der Waals surface area contributed by atoms with Crippen molar-refractivity contribution in [3.05, 3.63) is 0 Å². The van der Waals surface area contributed by atoms with Crippen LogP contribution < -0.4 is 5.32 Å². The molecule has 2 fully saturated rings.